The second-order valence-electron chi connectivity index (χ2n) is 5.89. The SMILES string of the molecule is CNCc1cn[nH]c1S(=O)(=O)N1CC(C)CC(C)C1C. The zero-order valence-electron chi connectivity index (χ0n) is 12.5. The number of hydrogen-bond acceptors (Lipinski definition) is 4. The molecule has 1 aromatic heterocycles. The van der Waals surface area contributed by atoms with Crippen molar-refractivity contribution in [3.05, 3.63) is 11.8 Å². The van der Waals surface area contributed by atoms with Gasteiger partial charge in [-0.25, -0.2) is 8.42 Å². The molecule has 2 rings (SSSR count). The molecule has 0 spiro atoms. The third-order valence-corrected chi connectivity index (χ3v) is 6.12. The number of rotatable bonds is 4. The standard InChI is InChI=1S/C13H24N4O2S/c1-9-5-10(2)11(3)17(8-9)20(18,19)13-12(6-14-4)7-15-16-13/h7,9-11,14H,5-6,8H2,1-4H3,(H,15,16). The topological polar surface area (TPSA) is 78.1 Å². The van der Waals surface area contributed by atoms with Gasteiger partial charge in [0.25, 0.3) is 10.0 Å². The van der Waals surface area contributed by atoms with E-state index in [0.29, 0.717) is 30.5 Å². The highest BCUT2D eigenvalue weighted by atomic mass is 32.2. The smallest absolute Gasteiger partial charge is 0.260 e. The van der Waals surface area contributed by atoms with Gasteiger partial charge >= 0.3 is 0 Å². The largest absolute Gasteiger partial charge is 0.316 e. The molecule has 2 N–H and O–H groups in total. The van der Waals surface area contributed by atoms with E-state index >= 15 is 0 Å². The van der Waals surface area contributed by atoms with Gasteiger partial charge in [-0.1, -0.05) is 13.8 Å². The molecule has 3 atom stereocenters. The highest BCUT2D eigenvalue weighted by molar-refractivity contribution is 7.89. The minimum absolute atomic E-state index is 0.0157. The Morgan fingerprint density at radius 1 is 1.45 bits per heavy atom. The molecule has 1 aliphatic rings. The van der Waals surface area contributed by atoms with Crippen LogP contribution in [0.2, 0.25) is 0 Å². The van der Waals surface area contributed by atoms with Crippen LogP contribution in [-0.2, 0) is 16.6 Å². The summed E-state index contributed by atoms with van der Waals surface area (Å²) in [6.07, 6.45) is 2.64. The third-order valence-electron chi connectivity index (χ3n) is 4.16. The normalized spacial score (nSPS) is 28.7. The summed E-state index contributed by atoms with van der Waals surface area (Å²) in [6.45, 7) is 7.27. The monoisotopic (exact) mass is 300 g/mol. The van der Waals surface area contributed by atoms with Crippen molar-refractivity contribution in [2.75, 3.05) is 13.6 Å². The van der Waals surface area contributed by atoms with Crippen molar-refractivity contribution < 1.29 is 8.42 Å². The molecule has 1 aromatic rings. The number of nitrogens with one attached hydrogen (secondary N) is 2. The summed E-state index contributed by atoms with van der Waals surface area (Å²) in [5.74, 6) is 0.746. The Bertz CT molecular complexity index is 554. The van der Waals surface area contributed by atoms with Gasteiger partial charge in [-0.05, 0) is 32.2 Å². The molecule has 0 aliphatic carbocycles. The van der Waals surface area contributed by atoms with Crippen molar-refractivity contribution in [3.8, 4) is 0 Å². The van der Waals surface area contributed by atoms with E-state index in [0.717, 1.165) is 6.42 Å². The van der Waals surface area contributed by atoms with Crippen molar-refractivity contribution >= 4 is 10.0 Å². The fourth-order valence-corrected chi connectivity index (χ4v) is 4.89. The van der Waals surface area contributed by atoms with Gasteiger partial charge in [0, 0.05) is 24.7 Å². The first-order chi connectivity index (χ1) is 9.37. The molecule has 7 heteroatoms. The van der Waals surface area contributed by atoms with Crippen molar-refractivity contribution in [2.24, 2.45) is 11.8 Å². The number of piperidine rings is 1. The summed E-state index contributed by atoms with van der Waals surface area (Å²) in [5.41, 5.74) is 0.686. The van der Waals surface area contributed by atoms with Gasteiger partial charge < -0.3 is 5.32 Å². The Morgan fingerprint density at radius 2 is 2.15 bits per heavy atom. The van der Waals surface area contributed by atoms with Gasteiger partial charge in [0.1, 0.15) is 0 Å². The van der Waals surface area contributed by atoms with Crippen LogP contribution < -0.4 is 5.32 Å². The van der Waals surface area contributed by atoms with Crippen LogP contribution in [0, 0.1) is 11.8 Å². The molecule has 0 saturated carbocycles. The Kier molecular flexibility index (Phi) is 4.51. The molecule has 2 heterocycles. The average molecular weight is 300 g/mol. The van der Waals surface area contributed by atoms with E-state index in [-0.39, 0.29) is 11.1 Å². The van der Waals surface area contributed by atoms with Crippen LogP contribution in [-0.4, -0.2) is 42.6 Å². The molecule has 3 unspecified atom stereocenters. The average Bonchev–Trinajstić information content (AvgIpc) is 2.83. The maximum atomic E-state index is 12.9. The van der Waals surface area contributed by atoms with Crippen LogP contribution in [0.4, 0.5) is 0 Å². The van der Waals surface area contributed by atoms with Crippen LogP contribution >= 0.6 is 0 Å². The molecule has 0 radical (unpaired) electrons. The van der Waals surface area contributed by atoms with Gasteiger partial charge in [0.15, 0.2) is 5.03 Å². The summed E-state index contributed by atoms with van der Waals surface area (Å²) in [7, 11) is -1.72. The van der Waals surface area contributed by atoms with Crippen LogP contribution in [0.25, 0.3) is 0 Å². The van der Waals surface area contributed by atoms with Gasteiger partial charge in [0.05, 0.1) is 6.20 Å². The zero-order chi connectivity index (χ0) is 14.9. The molecule has 0 aromatic carbocycles. The van der Waals surface area contributed by atoms with E-state index in [2.05, 4.69) is 29.4 Å². The first-order valence-electron chi connectivity index (χ1n) is 7.06. The lowest BCUT2D eigenvalue weighted by Gasteiger charge is -2.39. The van der Waals surface area contributed by atoms with Gasteiger partial charge in [0.2, 0.25) is 0 Å². The number of aromatic nitrogens is 2. The number of aromatic amines is 1. The van der Waals surface area contributed by atoms with E-state index in [1.54, 1.807) is 17.5 Å². The van der Waals surface area contributed by atoms with E-state index in [9.17, 15) is 8.42 Å². The van der Waals surface area contributed by atoms with Crippen molar-refractivity contribution in [1.29, 1.82) is 0 Å². The first kappa shape index (κ1) is 15.5. The predicted octanol–water partition coefficient (Wildman–Crippen LogP) is 1.18. The van der Waals surface area contributed by atoms with E-state index in [4.69, 9.17) is 0 Å². The molecule has 20 heavy (non-hydrogen) atoms. The lowest BCUT2D eigenvalue weighted by molar-refractivity contribution is 0.157. The van der Waals surface area contributed by atoms with Crippen molar-refractivity contribution in [2.45, 2.75) is 44.8 Å². The second-order valence-corrected chi connectivity index (χ2v) is 7.72. The van der Waals surface area contributed by atoms with Crippen molar-refractivity contribution in [3.63, 3.8) is 0 Å². The van der Waals surface area contributed by atoms with Gasteiger partial charge in [-0.15, -0.1) is 0 Å². The molecule has 0 amide bonds. The molecule has 1 saturated heterocycles. The Labute approximate surface area is 121 Å². The van der Waals surface area contributed by atoms with E-state index in [1.807, 2.05) is 6.92 Å². The van der Waals surface area contributed by atoms with Gasteiger partial charge in [-0.3, -0.25) is 5.10 Å². The molecule has 1 fully saturated rings. The van der Waals surface area contributed by atoms with Crippen LogP contribution in [0.3, 0.4) is 0 Å². The Morgan fingerprint density at radius 3 is 2.80 bits per heavy atom. The lowest BCUT2D eigenvalue weighted by atomic mass is 9.88. The fraction of sp³-hybridized carbons (Fsp3) is 0.769. The molecule has 6 nitrogen and oxygen atoms in total. The van der Waals surface area contributed by atoms with Crippen molar-refractivity contribution in [1.82, 2.24) is 19.8 Å². The summed E-state index contributed by atoms with van der Waals surface area (Å²) < 4.78 is 27.4. The minimum atomic E-state index is -3.51. The zero-order valence-corrected chi connectivity index (χ0v) is 13.4. The van der Waals surface area contributed by atoms with Gasteiger partial charge in [-0.2, -0.15) is 9.40 Å². The maximum Gasteiger partial charge on any atom is 0.260 e. The molecule has 0 bridgehead atoms. The van der Waals surface area contributed by atoms with Crippen LogP contribution in [0.1, 0.15) is 32.8 Å². The van der Waals surface area contributed by atoms with Crippen LogP contribution in [0.5, 0.6) is 0 Å². The summed E-state index contributed by atoms with van der Waals surface area (Å²) >= 11 is 0. The maximum absolute atomic E-state index is 12.9. The highest BCUT2D eigenvalue weighted by Gasteiger charge is 2.38. The van der Waals surface area contributed by atoms with E-state index in [1.165, 1.54) is 0 Å². The minimum Gasteiger partial charge on any atom is -0.316 e. The fourth-order valence-electron chi connectivity index (χ4n) is 2.94. The Hall–Kier alpha value is -0.920. The number of sulfonamides is 1. The quantitative estimate of drug-likeness (QED) is 0.875. The second kappa shape index (κ2) is 5.83. The highest BCUT2D eigenvalue weighted by Crippen LogP contribution is 2.31. The summed E-state index contributed by atoms with van der Waals surface area (Å²) in [5, 5.41) is 9.75. The van der Waals surface area contributed by atoms with E-state index < -0.39 is 10.0 Å². The number of H-pyrrole nitrogens is 1. The third kappa shape index (κ3) is 2.75. The first-order valence-corrected chi connectivity index (χ1v) is 8.50. The lowest BCUT2D eigenvalue weighted by Crippen LogP contribution is -2.49. The molecular weight excluding hydrogens is 276 g/mol. The summed E-state index contributed by atoms with van der Waals surface area (Å²) in [4.78, 5) is 0. The molecule has 1 aliphatic heterocycles. The summed E-state index contributed by atoms with van der Waals surface area (Å²) in [6, 6.07) is 0.0157. The number of hydrogen-bond donors (Lipinski definition) is 2. The number of nitrogens with zero attached hydrogens (tertiary/aromatic N) is 2. The molecular formula is C13H24N4O2S. The molecule has 114 valence electrons. The predicted molar refractivity (Wildman–Crippen MR) is 77.7 cm³/mol. The Balaban J connectivity index is 2.36. The van der Waals surface area contributed by atoms with Crippen LogP contribution in [0.15, 0.2) is 11.2 Å².